The van der Waals surface area contributed by atoms with Crippen molar-refractivity contribution < 1.29 is 17.9 Å². The van der Waals surface area contributed by atoms with Crippen LogP contribution in [0.3, 0.4) is 0 Å². The Hall–Kier alpha value is -3.39. The van der Waals surface area contributed by atoms with E-state index in [2.05, 4.69) is 15.0 Å². The molecular formula is C23H25N3O4S. The van der Waals surface area contributed by atoms with Crippen molar-refractivity contribution in [2.24, 2.45) is 0 Å². The third-order valence-corrected chi connectivity index (χ3v) is 6.05. The topological polar surface area (TPSA) is 97.4 Å². The SMILES string of the molecule is CC[C@@H](C)NC(=O)c1ccc(Oc2ccc(NS(=O)(=O)c3ccc(C)cc3)cc2)nc1. The van der Waals surface area contributed by atoms with Gasteiger partial charge < -0.3 is 10.1 Å². The zero-order chi connectivity index (χ0) is 22.4. The van der Waals surface area contributed by atoms with Crippen LogP contribution in [0, 0.1) is 6.92 Å². The lowest BCUT2D eigenvalue weighted by Gasteiger charge is -2.11. The van der Waals surface area contributed by atoms with Crippen LogP contribution in [0.4, 0.5) is 5.69 Å². The van der Waals surface area contributed by atoms with Crippen LogP contribution >= 0.6 is 0 Å². The van der Waals surface area contributed by atoms with E-state index in [0.29, 0.717) is 22.9 Å². The molecule has 0 radical (unpaired) electrons. The second-order valence-electron chi connectivity index (χ2n) is 7.21. The number of rotatable bonds is 8. The third-order valence-electron chi connectivity index (χ3n) is 4.65. The fraction of sp³-hybridized carbons (Fsp3) is 0.217. The number of amides is 1. The summed E-state index contributed by atoms with van der Waals surface area (Å²) in [5, 5.41) is 2.88. The first-order valence-electron chi connectivity index (χ1n) is 9.91. The number of ether oxygens (including phenoxy) is 1. The van der Waals surface area contributed by atoms with E-state index in [-0.39, 0.29) is 16.8 Å². The van der Waals surface area contributed by atoms with Crippen LogP contribution in [0.5, 0.6) is 11.6 Å². The summed E-state index contributed by atoms with van der Waals surface area (Å²) >= 11 is 0. The molecule has 2 N–H and O–H groups in total. The molecule has 7 nitrogen and oxygen atoms in total. The second-order valence-corrected chi connectivity index (χ2v) is 8.90. The number of nitrogens with zero attached hydrogens (tertiary/aromatic N) is 1. The Labute approximate surface area is 182 Å². The lowest BCUT2D eigenvalue weighted by atomic mass is 10.2. The summed E-state index contributed by atoms with van der Waals surface area (Å²) in [5.74, 6) is 0.634. The Balaban J connectivity index is 1.63. The zero-order valence-corrected chi connectivity index (χ0v) is 18.4. The predicted octanol–water partition coefficient (Wildman–Crippen LogP) is 4.51. The highest BCUT2D eigenvalue weighted by atomic mass is 32.2. The molecule has 3 aromatic rings. The number of aryl methyl sites for hydroxylation is 1. The summed E-state index contributed by atoms with van der Waals surface area (Å²) in [6.45, 7) is 5.83. The van der Waals surface area contributed by atoms with Gasteiger partial charge in [-0.2, -0.15) is 0 Å². The van der Waals surface area contributed by atoms with Gasteiger partial charge in [0, 0.05) is 24.0 Å². The molecule has 0 bridgehead atoms. The van der Waals surface area contributed by atoms with Crippen molar-refractivity contribution in [3.8, 4) is 11.6 Å². The monoisotopic (exact) mass is 439 g/mol. The number of nitrogens with one attached hydrogen (secondary N) is 2. The molecule has 0 aliphatic rings. The summed E-state index contributed by atoms with van der Waals surface area (Å²) < 4.78 is 33.2. The first-order chi connectivity index (χ1) is 14.8. The van der Waals surface area contributed by atoms with Gasteiger partial charge in [-0.15, -0.1) is 0 Å². The first kappa shape index (κ1) is 22.3. The van der Waals surface area contributed by atoms with E-state index >= 15 is 0 Å². The zero-order valence-electron chi connectivity index (χ0n) is 17.6. The van der Waals surface area contributed by atoms with E-state index in [1.807, 2.05) is 20.8 Å². The number of hydrogen-bond donors (Lipinski definition) is 2. The summed E-state index contributed by atoms with van der Waals surface area (Å²) in [6.07, 6.45) is 2.30. The number of aromatic nitrogens is 1. The number of hydrogen-bond acceptors (Lipinski definition) is 5. The van der Waals surface area contributed by atoms with Crippen LogP contribution in [0.15, 0.2) is 71.8 Å². The Morgan fingerprint density at radius 3 is 2.29 bits per heavy atom. The molecule has 0 saturated carbocycles. The molecule has 0 spiro atoms. The van der Waals surface area contributed by atoms with Gasteiger partial charge in [0.2, 0.25) is 5.88 Å². The third kappa shape index (κ3) is 6.05. The van der Waals surface area contributed by atoms with Crippen LogP contribution in [0.25, 0.3) is 0 Å². The number of carbonyl (C=O) groups excluding carboxylic acids is 1. The largest absolute Gasteiger partial charge is 0.439 e. The fourth-order valence-electron chi connectivity index (χ4n) is 2.63. The standard InChI is InChI=1S/C23H25N3O4S/c1-4-17(3)25-23(27)18-7-14-22(24-15-18)30-20-10-8-19(9-11-20)26-31(28,29)21-12-5-16(2)6-13-21/h5-15,17,26H,4H2,1-3H3,(H,25,27)/t17-/m1/s1. The maximum Gasteiger partial charge on any atom is 0.261 e. The Bertz CT molecular complexity index is 1130. The molecule has 1 heterocycles. The summed E-state index contributed by atoms with van der Waals surface area (Å²) in [4.78, 5) is 16.5. The molecule has 2 aromatic carbocycles. The lowest BCUT2D eigenvalue weighted by Crippen LogP contribution is -2.31. The maximum atomic E-state index is 12.5. The normalized spacial score (nSPS) is 12.1. The number of pyridine rings is 1. The lowest BCUT2D eigenvalue weighted by molar-refractivity contribution is 0.0939. The molecular weight excluding hydrogens is 414 g/mol. The number of anilines is 1. The molecule has 162 valence electrons. The van der Waals surface area contributed by atoms with Gasteiger partial charge in [-0.25, -0.2) is 13.4 Å². The molecule has 0 unspecified atom stereocenters. The Kier molecular flexibility index (Phi) is 6.91. The van der Waals surface area contributed by atoms with Crippen LogP contribution < -0.4 is 14.8 Å². The molecule has 8 heteroatoms. The van der Waals surface area contributed by atoms with Gasteiger partial charge in [0.1, 0.15) is 5.75 Å². The van der Waals surface area contributed by atoms with Gasteiger partial charge in [0.15, 0.2) is 0 Å². The molecule has 3 rings (SSSR count). The summed E-state index contributed by atoms with van der Waals surface area (Å²) in [5.41, 5.74) is 1.85. The minimum atomic E-state index is -3.67. The van der Waals surface area contributed by atoms with Crippen molar-refractivity contribution in [3.63, 3.8) is 0 Å². The van der Waals surface area contributed by atoms with E-state index in [0.717, 1.165) is 12.0 Å². The van der Waals surface area contributed by atoms with E-state index in [1.165, 1.54) is 6.20 Å². The summed E-state index contributed by atoms with van der Waals surface area (Å²) in [7, 11) is -3.67. The van der Waals surface area contributed by atoms with Crippen molar-refractivity contribution in [1.82, 2.24) is 10.3 Å². The molecule has 1 aromatic heterocycles. The van der Waals surface area contributed by atoms with E-state index < -0.39 is 10.0 Å². The van der Waals surface area contributed by atoms with E-state index in [4.69, 9.17) is 4.74 Å². The highest BCUT2D eigenvalue weighted by Crippen LogP contribution is 2.23. The van der Waals surface area contributed by atoms with Gasteiger partial charge in [0.25, 0.3) is 15.9 Å². The van der Waals surface area contributed by atoms with Crippen LogP contribution in [0.1, 0.15) is 36.2 Å². The van der Waals surface area contributed by atoms with Gasteiger partial charge in [-0.3, -0.25) is 9.52 Å². The average Bonchev–Trinajstić information content (AvgIpc) is 2.75. The highest BCUT2D eigenvalue weighted by molar-refractivity contribution is 7.92. The van der Waals surface area contributed by atoms with Crippen LogP contribution in [0.2, 0.25) is 0 Å². The van der Waals surface area contributed by atoms with Gasteiger partial charge in [-0.1, -0.05) is 24.6 Å². The first-order valence-corrected chi connectivity index (χ1v) is 11.4. The van der Waals surface area contributed by atoms with Crippen molar-refractivity contribution in [2.45, 2.75) is 38.1 Å². The highest BCUT2D eigenvalue weighted by Gasteiger charge is 2.14. The molecule has 0 aliphatic carbocycles. The number of sulfonamides is 1. The second kappa shape index (κ2) is 9.61. The summed E-state index contributed by atoms with van der Waals surface area (Å²) in [6, 6.07) is 16.5. The maximum absolute atomic E-state index is 12.5. The van der Waals surface area contributed by atoms with Crippen molar-refractivity contribution in [1.29, 1.82) is 0 Å². The smallest absolute Gasteiger partial charge is 0.261 e. The Morgan fingerprint density at radius 1 is 1.03 bits per heavy atom. The minimum absolute atomic E-state index is 0.0883. The molecule has 0 saturated heterocycles. The Morgan fingerprint density at radius 2 is 1.71 bits per heavy atom. The molecule has 31 heavy (non-hydrogen) atoms. The van der Waals surface area contributed by atoms with Gasteiger partial charge >= 0.3 is 0 Å². The molecule has 0 aliphatic heterocycles. The fourth-order valence-corrected chi connectivity index (χ4v) is 3.69. The average molecular weight is 440 g/mol. The number of carbonyl (C=O) groups is 1. The van der Waals surface area contributed by atoms with Crippen LogP contribution in [-0.4, -0.2) is 25.4 Å². The van der Waals surface area contributed by atoms with Gasteiger partial charge in [0.05, 0.1) is 10.5 Å². The molecule has 1 amide bonds. The minimum Gasteiger partial charge on any atom is -0.439 e. The van der Waals surface area contributed by atoms with Crippen LogP contribution in [-0.2, 0) is 10.0 Å². The van der Waals surface area contributed by atoms with Crippen molar-refractivity contribution in [2.75, 3.05) is 4.72 Å². The predicted molar refractivity (Wildman–Crippen MR) is 120 cm³/mol. The molecule has 0 fully saturated rings. The number of benzene rings is 2. The van der Waals surface area contributed by atoms with Crippen molar-refractivity contribution >= 4 is 21.6 Å². The van der Waals surface area contributed by atoms with Gasteiger partial charge in [-0.05, 0) is 62.7 Å². The van der Waals surface area contributed by atoms with E-state index in [9.17, 15) is 13.2 Å². The quantitative estimate of drug-likeness (QED) is 0.538. The van der Waals surface area contributed by atoms with E-state index in [1.54, 1.807) is 60.7 Å². The van der Waals surface area contributed by atoms with Crippen molar-refractivity contribution in [3.05, 3.63) is 78.0 Å². The molecule has 1 atom stereocenters.